The Labute approximate surface area is 228 Å². The third-order valence-electron chi connectivity index (χ3n) is 5.53. The minimum atomic E-state index is -0.288. The maximum Gasteiger partial charge on any atom is 0.193 e. The molecule has 0 saturated carbocycles. The van der Waals surface area contributed by atoms with E-state index in [0.29, 0.717) is 11.1 Å². The van der Waals surface area contributed by atoms with Crippen LogP contribution in [0.1, 0.15) is 15.9 Å². The number of carbonyl (C=O) groups excluding carboxylic acids is 1. The Bertz CT molecular complexity index is 1420. The molecule has 0 atom stereocenters. The molecule has 0 heterocycles. The van der Waals surface area contributed by atoms with Gasteiger partial charge < -0.3 is 0 Å². The van der Waals surface area contributed by atoms with E-state index in [4.69, 9.17) is 23.2 Å². The summed E-state index contributed by atoms with van der Waals surface area (Å²) in [6, 6.07) is 41.8. The summed E-state index contributed by atoms with van der Waals surface area (Å²) in [5, 5.41) is 1.44. The van der Waals surface area contributed by atoms with Gasteiger partial charge in [-0.25, -0.2) is 0 Å². The first-order valence-electron chi connectivity index (χ1n) is 11.3. The lowest BCUT2D eigenvalue weighted by Crippen LogP contribution is -2.04. The highest BCUT2D eigenvalue weighted by Crippen LogP contribution is 2.35. The largest absolute Gasteiger partial charge is 0.289 e. The molecule has 1 nitrogen and oxygen atoms in total. The number of halogens is 2. The summed E-state index contributed by atoms with van der Waals surface area (Å²) < 4.78 is 0. The predicted octanol–water partition coefficient (Wildman–Crippen LogP) is 9.47. The lowest BCUT2D eigenvalue weighted by molar-refractivity contribution is 0.103. The Balaban J connectivity index is 1.40. The van der Waals surface area contributed by atoms with Gasteiger partial charge in [0.1, 0.15) is 0 Å². The van der Waals surface area contributed by atoms with E-state index in [0.717, 1.165) is 19.8 Å². The second-order valence-corrected chi connectivity index (χ2v) is 12.1. The molecule has 0 spiro atoms. The molecule has 36 heavy (non-hydrogen) atoms. The second-order valence-electron chi connectivity index (χ2n) is 8.01. The standard InChI is InChI=1S/C31H21Cl2OS2/c32-24-9-15-28(16-10-24)36(29-17-11-25(33)12-18-29)30-19-13-26(14-20-30)35-27-8-4-7-23(21-27)31(34)22-5-2-1-3-6-22/h1-21H/q+1. The van der Waals surface area contributed by atoms with Crippen molar-refractivity contribution >= 4 is 51.6 Å². The van der Waals surface area contributed by atoms with Crippen molar-refractivity contribution in [2.75, 3.05) is 0 Å². The van der Waals surface area contributed by atoms with Crippen LogP contribution in [-0.4, -0.2) is 5.78 Å². The molecule has 0 amide bonds. The van der Waals surface area contributed by atoms with Crippen LogP contribution in [0.15, 0.2) is 152 Å². The average molecular weight is 545 g/mol. The first-order chi connectivity index (χ1) is 17.6. The highest BCUT2D eigenvalue weighted by atomic mass is 35.5. The van der Waals surface area contributed by atoms with Crippen molar-refractivity contribution in [1.82, 2.24) is 0 Å². The zero-order valence-electron chi connectivity index (χ0n) is 19.1. The zero-order valence-corrected chi connectivity index (χ0v) is 22.2. The maximum atomic E-state index is 12.9. The van der Waals surface area contributed by atoms with Gasteiger partial charge in [-0.1, -0.05) is 77.4 Å². The quantitative estimate of drug-likeness (QED) is 0.150. The van der Waals surface area contributed by atoms with Crippen molar-refractivity contribution in [3.63, 3.8) is 0 Å². The molecule has 0 fully saturated rings. The van der Waals surface area contributed by atoms with E-state index >= 15 is 0 Å². The minimum absolute atomic E-state index is 0.0309. The highest BCUT2D eigenvalue weighted by molar-refractivity contribution is 7.99. The smallest absolute Gasteiger partial charge is 0.193 e. The van der Waals surface area contributed by atoms with Gasteiger partial charge in [0, 0.05) is 31.0 Å². The van der Waals surface area contributed by atoms with Gasteiger partial charge in [-0.05, 0) is 84.9 Å². The predicted molar refractivity (Wildman–Crippen MR) is 152 cm³/mol. The Morgan fingerprint density at radius 2 is 1.03 bits per heavy atom. The van der Waals surface area contributed by atoms with Crippen molar-refractivity contribution < 1.29 is 4.79 Å². The van der Waals surface area contributed by atoms with Crippen LogP contribution in [0.4, 0.5) is 0 Å². The minimum Gasteiger partial charge on any atom is -0.289 e. The molecule has 5 aromatic rings. The molecular weight excluding hydrogens is 523 g/mol. The van der Waals surface area contributed by atoms with Crippen molar-refractivity contribution in [1.29, 1.82) is 0 Å². The van der Waals surface area contributed by atoms with Gasteiger partial charge in [-0.2, -0.15) is 0 Å². The molecule has 0 unspecified atom stereocenters. The van der Waals surface area contributed by atoms with E-state index in [1.54, 1.807) is 11.8 Å². The number of hydrogen-bond donors (Lipinski definition) is 0. The van der Waals surface area contributed by atoms with Crippen LogP contribution in [0.3, 0.4) is 0 Å². The molecule has 5 heteroatoms. The Hall–Kier alpha value is -2.95. The molecular formula is C31H21Cl2OS2+. The molecule has 0 aliphatic rings. The van der Waals surface area contributed by atoms with Gasteiger partial charge in [-0.15, -0.1) is 0 Å². The summed E-state index contributed by atoms with van der Waals surface area (Å²) in [5.74, 6) is 0.0309. The summed E-state index contributed by atoms with van der Waals surface area (Å²) in [6.45, 7) is 0. The van der Waals surface area contributed by atoms with E-state index in [-0.39, 0.29) is 16.7 Å². The van der Waals surface area contributed by atoms with Crippen LogP contribution in [0.5, 0.6) is 0 Å². The van der Waals surface area contributed by atoms with E-state index in [2.05, 4.69) is 48.5 Å². The summed E-state index contributed by atoms with van der Waals surface area (Å²) in [5.41, 5.74) is 1.38. The molecule has 0 N–H and O–H groups in total. The van der Waals surface area contributed by atoms with Crippen molar-refractivity contribution in [2.45, 2.75) is 24.5 Å². The van der Waals surface area contributed by atoms with Crippen molar-refractivity contribution in [3.05, 3.63) is 149 Å². The van der Waals surface area contributed by atoms with E-state index in [1.807, 2.05) is 78.9 Å². The van der Waals surface area contributed by atoms with E-state index in [9.17, 15) is 4.79 Å². The van der Waals surface area contributed by atoms with Crippen LogP contribution in [0, 0.1) is 0 Å². The molecule has 5 rings (SSSR count). The van der Waals surface area contributed by atoms with Gasteiger partial charge >= 0.3 is 0 Å². The number of rotatable bonds is 7. The van der Waals surface area contributed by atoms with E-state index < -0.39 is 0 Å². The second kappa shape index (κ2) is 11.4. The highest BCUT2D eigenvalue weighted by Gasteiger charge is 2.28. The van der Waals surface area contributed by atoms with Gasteiger partial charge in [0.15, 0.2) is 20.5 Å². The monoisotopic (exact) mass is 543 g/mol. The molecule has 5 aromatic carbocycles. The Morgan fingerprint density at radius 3 is 1.58 bits per heavy atom. The molecule has 0 saturated heterocycles. The van der Waals surface area contributed by atoms with Crippen LogP contribution < -0.4 is 0 Å². The number of benzene rings is 5. The summed E-state index contributed by atoms with van der Waals surface area (Å²) in [7, 11) is -0.288. The fourth-order valence-electron chi connectivity index (χ4n) is 3.79. The van der Waals surface area contributed by atoms with Gasteiger partial charge in [-0.3, -0.25) is 4.79 Å². The summed E-state index contributed by atoms with van der Waals surface area (Å²) in [4.78, 5) is 18.6. The molecule has 0 radical (unpaired) electrons. The van der Waals surface area contributed by atoms with Crippen LogP contribution in [0.2, 0.25) is 10.0 Å². The third-order valence-corrected chi connectivity index (χ3v) is 9.26. The van der Waals surface area contributed by atoms with Crippen molar-refractivity contribution in [2.24, 2.45) is 0 Å². The molecule has 0 aliphatic carbocycles. The van der Waals surface area contributed by atoms with Crippen LogP contribution in [0.25, 0.3) is 0 Å². The SMILES string of the molecule is O=C(c1ccccc1)c1cccc(Sc2ccc([S+](c3ccc(Cl)cc3)c3ccc(Cl)cc3)cc2)c1. The van der Waals surface area contributed by atoms with Crippen LogP contribution in [-0.2, 0) is 10.9 Å². The normalized spacial score (nSPS) is 11.0. The zero-order chi connectivity index (χ0) is 24.9. The third kappa shape index (κ3) is 5.88. The van der Waals surface area contributed by atoms with Gasteiger partial charge in [0.2, 0.25) is 0 Å². The maximum absolute atomic E-state index is 12.9. The van der Waals surface area contributed by atoms with Gasteiger partial charge in [0.05, 0.1) is 10.9 Å². The fraction of sp³-hybridized carbons (Fsp3) is 0. The number of hydrogen-bond acceptors (Lipinski definition) is 2. The first-order valence-corrected chi connectivity index (χ1v) is 14.1. The lowest BCUT2D eigenvalue weighted by atomic mass is 10.0. The molecule has 0 aliphatic heterocycles. The Morgan fingerprint density at radius 1 is 0.528 bits per heavy atom. The fourth-order valence-corrected chi connectivity index (χ4v) is 6.96. The van der Waals surface area contributed by atoms with Crippen LogP contribution >= 0.6 is 35.0 Å². The Kier molecular flexibility index (Phi) is 7.84. The topological polar surface area (TPSA) is 17.1 Å². The lowest BCUT2D eigenvalue weighted by Gasteiger charge is -2.09. The molecule has 176 valence electrons. The number of ketones is 1. The average Bonchev–Trinajstić information content (AvgIpc) is 2.92. The molecule has 0 bridgehead atoms. The first kappa shape index (κ1) is 24.7. The van der Waals surface area contributed by atoms with Crippen molar-refractivity contribution in [3.8, 4) is 0 Å². The summed E-state index contributed by atoms with van der Waals surface area (Å²) >= 11 is 14.0. The number of carbonyl (C=O) groups is 1. The molecule has 0 aromatic heterocycles. The van der Waals surface area contributed by atoms with E-state index in [1.165, 1.54) is 14.7 Å². The summed E-state index contributed by atoms with van der Waals surface area (Å²) in [6.07, 6.45) is 0. The van der Waals surface area contributed by atoms with Gasteiger partial charge in [0.25, 0.3) is 0 Å².